The lowest BCUT2D eigenvalue weighted by Gasteiger charge is -2.21. The van der Waals surface area contributed by atoms with Crippen LogP contribution in [-0.2, 0) is 20.7 Å². The molecule has 140 valence electrons. The van der Waals surface area contributed by atoms with Gasteiger partial charge in [-0.2, -0.15) is 0 Å². The predicted octanol–water partition coefficient (Wildman–Crippen LogP) is 1.69. The third-order valence-electron chi connectivity index (χ3n) is 4.31. The molecule has 1 aliphatic rings. The fourth-order valence-electron chi connectivity index (χ4n) is 3.00. The van der Waals surface area contributed by atoms with Gasteiger partial charge in [0, 0.05) is 12.2 Å². The lowest BCUT2D eigenvalue weighted by atomic mass is 10.2. The van der Waals surface area contributed by atoms with Crippen LogP contribution in [0.25, 0.3) is 0 Å². The van der Waals surface area contributed by atoms with Gasteiger partial charge in [-0.1, -0.05) is 30.3 Å². The third-order valence-corrected chi connectivity index (χ3v) is 4.31. The van der Waals surface area contributed by atoms with Crippen molar-refractivity contribution in [2.75, 3.05) is 18.1 Å². The SMILES string of the molecule is C[C@H](OC(=O)COc1ccccc1C(N)=O)C(=O)N1CCc2ccccc21. The van der Waals surface area contributed by atoms with E-state index in [1.54, 1.807) is 17.0 Å². The number of benzene rings is 2. The molecule has 7 nitrogen and oxygen atoms in total. The lowest BCUT2D eigenvalue weighted by molar-refractivity contribution is -0.155. The van der Waals surface area contributed by atoms with Crippen LogP contribution in [0, 0.1) is 0 Å². The van der Waals surface area contributed by atoms with Crippen molar-refractivity contribution in [2.24, 2.45) is 5.73 Å². The highest BCUT2D eigenvalue weighted by Gasteiger charge is 2.29. The number of fused-ring (bicyclic) bond motifs is 1. The van der Waals surface area contributed by atoms with Crippen molar-refractivity contribution in [3.63, 3.8) is 0 Å². The summed E-state index contributed by atoms with van der Waals surface area (Å²) in [7, 11) is 0. The number of nitrogens with two attached hydrogens (primary N) is 1. The summed E-state index contributed by atoms with van der Waals surface area (Å²) in [6.45, 7) is 1.65. The first-order chi connectivity index (χ1) is 13.0. The quantitative estimate of drug-likeness (QED) is 0.782. The van der Waals surface area contributed by atoms with E-state index in [0.29, 0.717) is 6.54 Å². The summed E-state index contributed by atoms with van der Waals surface area (Å²) < 4.78 is 10.5. The number of esters is 1. The molecule has 7 heteroatoms. The van der Waals surface area contributed by atoms with Crippen LogP contribution in [0.5, 0.6) is 5.75 Å². The fraction of sp³-hybridized carbons (Fsp3) is 0.250. The fourth-order valence-corrected chi connectivity index (χ4v) is 3.00. The molecule has 0 fully saturated rings. The summed E-state index contributed by atoms with van der Waals surface area (Å²) in [6, 6.07) is 14.0. The van der Waals surface area contributed by atoms with Gasteiger partial charge in [0.25, 0.3) is 11.8 Å². The number of amides is 2. The number of nitrogens with zero attached hydrogens (tertiary/aromatic N) is 1. The molecule has 0 bridgehead atoms. The van der Waals surface area contributed by atoms with Crippen molar-refractivity contribution in [3.8, 4) is 5.75 Å². The van der Waals surface area contributed by atoms with E-state index in [1.807, 2.05) is 24.3 Å². The molecule has 2 aromatic carbocycles. The lowest BCUT2D eigenvalue weighted by Crippen LogP contribution is -2.39. The maximum Gasteiger partial charge on any atom is 0.344 e. The summed E-state index contributed by atoms with van der Waals surface area (Å²) in [6.07, 6.45) is -0.172. The van der Waals surface area contributed by atoms with E-state index in [4.69, 9.17) is 15.2 Å². The Morgan fingerprint density at radius 1 is 1.11 bits per heavy atom. The molecule has 3 rings (SSSR count). The van der Waals surface area contributed by atoms with E-state index in [1.165, 1.54) is 19.1 Å². The second kappa shape index (κ2) is 7.90. The number of carbonyl (C=O) groups excluding carboxylic acids is 3. The van der Waals surface area contributed by atoms with Gasteiger partial charge < -0.3 is 20.1 Å². The van der Waals surface area contributed by atoms with Crippen molar-refractivity contribution in [1.82, 2.24) is 0 Å². The van der Waals surface area contributed by atoms with Crippen LogP contribution in [0.2, 0.25) is 0 Å². The first-order valence-corrected chi connectivity index (χ1v) is 8.57. The predicted molar refractivity (Wildman–Crippen MR) is 98.5 cm³/mol. The second-order valence-corrected chi connectivity index (χ2v) is 6.15. The molecular formula is C20H20N2O5. The van der Waals surface area contributed by atoms with Crippen LogP contribution in [0.1, 0.15) is 22.8 Å². The van der Waals surface area contributed by atoms with Crippen molar-refractivity contribution in [3.05, 3.63) is 59.7 Å². The highest BCUT2D eigenvalue weighted by Crippen LogP contribution is 2.28. The summed E-state index contributed by atoms with van der Waals surface area (Å²) in [5, 5.41) is 0. The molecular weight excluding hydrogens is 348 g/mol. The summed E-state index contributed by atoms with van der Waals surface area (Å²) >= 11 is 0. The molecule has 0 spiro atoms. The first-order valence-electron chi connectivity index (χ1n) is 8.57. The topological polar surface area (TPSA) is 98.9 Å². The minimum atomic E-state index is -0.946. The smallest absolute Gasteiger partial charge is 0.344 e. The van der Waals surface area contributed by atoms with Gasteiger partial charge in [-0.3, -0.25) is 9.59 Å². The monoisotopic (exact) mass is 368 g/mol. The second-order valence-electron chi connectivity index (χ2n) is 6.15. The number of ether oxygens (including phenoxy) is 2. The van der Waals surface area contributed by atoms with E-state index in [9.17, 15) is 14.4 Å². The Bertz CT molecular complexity index is 880. The zero-order chi connectivity index (χ0) is 19.4. The van der Waals surface area contributed by atoms with Gasteiger partial charge in [-0.25, -0.2) is 4.79 Å². The zero-order valence-electron chi connectivity index (χ0n) is 14.9. The number of anilines is 1. The number of rotatable bonds is 6. The first kappa shape index (κ1) is 18.4. The van der Waals surface area contributed by atoms with Gasteiger partial charge in [0.2, 0.25) is 0 Å². The molecule has 0 saturated carbocycles. The molecule has 0 saturated heterocycles. The number of primary amides is 1. The summed E-state index contributed by atoms with van der Waals surface area (Å²) in [4.78, 5) is 37.6. The molecule has 27 heavy (non-hydrogen) atoms. The number of carbonyl (C=O) groups is 3. The number of para-hydroxylation sites is 2. The van der Waals surface area contributed by atoms with Gasteiger partial charge in [0.15, 0.2) is 12.7 Å². The minimum absolute atomic E-state index is 0.170. The Kier molecular flexibility index (Phi) is 5.40. The maximum atomic E-state index is 12.6. The van der Waals surface area contributed by atoms with Crippen LogP contribution in [0.4, 0.5) is 5.69 Å². The van der Waals surface area contributed by atoms with E-state index in [2.05, 4.69) is 0 Å². The molecule has 1 atom stereocenters. The Balaban J connectivity index is 1.57. The van der Waals surface area contributed by atoms with Crippen LogP contribution >= 0.6 is 0 Å². The highest BCUT2D eigenvalue weighted by atomic mass is 16.6. The van der Waals surface area contributed by atoms with Crippen LogP contribution in [-0.4, -0.2) is 37.0 Å². The molecule has 0 aliphatic carbocycles. The van der Waals surface area contributed by atoms with E-state index in [-0.39, 0.29) is 17.2 Å². The molecule has 0 aromatic heterocycles. The van der Waals surface area contributed by atoms with E-state index in [0.717, 1.165) is 17.7 Å². The normalized spacial score (nSPS) is 13.6. The van der Waals surface area contributed by atoms with Gasteiger partial charge in [0.05, 0.1) is 5.56 Å². The van der Waals surface area contributed by atoms with Gasteiger partial charge >= 0.3 is 5.97 Å². The summed E-state index contributed by atoms with van der Waals surface area (Å²) in [5.74, 6) is -1.46. The largest absolute Gasteiger partial charge is 0.481 e. The average Bonchev–Trinajstić information content (AvgIpc) is 3.10. The third kappa shape index (κ3) is 4.08. The molecule has 2 aromatic rings. The molecule has 0 radical (unpaired) electrons. The van der Waals surface area contributed by atoms with Crippen molar-refractivity contribution in [1.29, 1.82) is 0 Å². The molecule has 1 aliphatic heterocycles. The van der Waals surface area contributed by atoms with Crippen LogP contribution in [0.15, 0.2) is 48.5 Å². The van der Waals surface area contributed by atoms with Gasteiger partial charge in [0.1, 0.15) is 5.75 Å². The Morgan fingerprint density at radius 2 is 1.81 bits per heavy atom. The number of hydrogen-bond acceptors (Lipinski definition) is 5. The Morgan fingerprint density at radius 3 is 2.59 bits per heavy atom. The zero-order valence-corrected chi connectivity index (χ0v) is 14.9. The standard InChI is InChI=1S/C20H20N2O5/c1-13(20(25)22-11-10-14-6-2-4-8-16(14)22)27-18(23)12-26-17-9-5-3-7-15(17)19(21)24/h2-9,13H,10-12H2,1H3,(H2,21,24)/t13-/m0/s1. The molecule has 0 unspecified atom stereocenters. The minimum Gasteiger partial charge on any atom is -0.481 e. The van der Waals surface area contributed by atoms with E-state index >= 15 is 0 Å². The maximum absolute atomic E-state index is 12.6. The Labute approximate surface area is 156 Å². The van der Waals surface area contributed by atoms with Gasteiger partial charge in [-0.15, -0.1) is 0 Å². The van der Waals surface area contributed by atoms with Crippen molar-refractivity contribution >= 4 is 23.5 Å². The van der Waals surface area contributed by atoms with Crippen molar-refractivity contribution in [2.45, 2.75) is 19.4 Å². The number of hydrogen-bond donors (Lipinski definition) is 1. The molecule has 2 N–H and O–H groups in total. The van der Waals surface area contributed by atoms with Crippen LogP contribution < -0.4 is 15.4 Å². The highest BCUT2D eigenvalue weighted by molar-refractivity contribution is 5.99. The van der Waals surface area contributed by atoms with Crippen LogP contribution in [0.3, 0.4) is 0 Å². The Hall–Kier alpha value is -3.35. The van der Waals surface area contributed by atoms with Crippen molar-refractivity contribution < 1.29 is 23.9 Å². The molecule has 2 amide bonds. The summed E-state index contributed by atoms with van der Waals surface area (Å²) in [5.41, 5.74) is 7.37. The van der Waals surface area contributed by atoms with Gasteiger partial charge in [-0.05, 0) is 37.1 Å². The molecule has 1 heterocycles. The average molecular weight is 368 g/mol. The van der Waals surface area contributed by atoms with E-state index < -0.39 is 24.6 Å².